The van der Waals surface area contributed by atoms with Crippen molar-refractivity contribution in [1.82, 2.24) is 10.6 Å². The summed E-state index contributed by atoms with van der Waals surface area (Å²) in [5.41, 5.74) is 2.07. The van der Waals surface area contributed by atoms with E-state index in [0.717, 1.165) is 22.6 Å². The van der Waals surface area contributed by atoms with Crippen LogP contribution in [-0.2, 0) is 16.1 Å². The van der Waals surface area contributed by atoms with E-state index in [2.05, 4.69) is 10.6 Å². The van der Waals surface area contributed by atoms with Crippen molar-refractivity contribution in [2.75, 3.05) is 12.9 Å². The third-order valence-corrected chi connectivity index (χ3v) is 6.41. The molecule has 0 aromatic heterocycles. The molecule has 6 heteroatoms. The molecule has 0 spiro atoms. The number of hydrogen-bond donors (Lipinski definition) is 2. The molecule has 2 N–H and O–H groups in total. The molecule has 0 saturated heterocycles. The van der Waals surface area contributed by atoms with Crippen molar-refractivity contribution >= 4 is 23.6 Å². The minimum absolute atomic E-state index is 0.213. The molecule has 2 amide bonds. The molecule has 0 saturated carbocycles. The zero-order valence-electron chi connectivity index (χ0n) is 19.2. The summed E-state index contributed by atoms with van der Waals surface area (Å²) in [6.45, 7) is 3.92. The Kier molecular flexibility index (Phi) is 8.55. The van der Waals surface area contributed by atoms with Gasteiger partial charge < -0.3 is 15.4 Å². The summed E-state index contributed by atoms with van der Waals surface area (Å²) in [7, 11) is 1.64. The molecule has 3 aromatic carbocycles. The van der Waals surface area contributed by atoms with Gasteiger partial charge in [-0.3, -0.25) is 9.59 Å². The van der Waals surface area contributed by atoms with Crippen LogP contribution in [0.5, 0.6) is 5.75 Å². The van der Waals surface area contributed by atoms with Crippen molar-refractivity contribution in [2.24, 2.45) is 0 Å². The first-order chi connectivity index (χ1) is 15.9. The van der Waals surface area contributed by atoms with Gasteiger partial charge in [-0.2, -0.15) is 11.8 Å². The molecule has 0 aliphatic heterocycles. The second kappa shape index (κ2) is 11.6. The van der Waals surface area contributed by atoms with Crippen LogP contribution in [0.4, 0.5) is 0 Å². The van der Waals surface area contributed by atoms with Gasteiger partial charge in [-0.25, -0.2) is 0 Å². The molecule has 33 heavy (non-hydrogen) atoms. The number of carbonyl (C=O) groups is 2. The van der Waals surface area contributed by atoms with Crippen molar-refractivity contribution in [1.29, 1.82) is 0 Å². The molecule has 0 fully saturated rings. The summed E-state index contributed by atoms with van der Waals surface area (Å²) in [5.74, 6) is 1.49. The third kappa shape index (κ3) is 7.12. The summed E-state index contributed by atoms with van der Waals surface area (Å²) < 4.78 is 5.20. The molecule has 0 heterocycles. The van der Waals surface area contributed by atoms with Crippen molar-refractivity contribution in [3.63, 3.8) is 0 Å². The lowest BCUT2D eigenvalue weighted by Crippen LogP contribution is -2.53. The number of rotatable bonds is 10. The smallest absolute Gasteiger partial charge is 0.251 e. The average Bonchev–Trinajstić information content (AvgIpc) is 2.84. The quantitative estimate of drug-likeness (QED) is 0.455. The van der Waals surface area contributed by atoms with E-state index >= 15 is 0 Å². The zero-order valence-corrected chi connectivity index (χ0v) is 20.0. The number of nitrogens with one attached hydrogen (secondary N) is 2. The first-order valence-electron chi connectivity index (χ1n) is 10.8. The van der Waals surface area contributed by atoms with Crippen molar-refractivity contribution in [3.8, 4) is 5.75 Å². The minimum Gasteiger partial charge on any atom is -0.497 e. The highest BCUT2D eigenvalue weighted by atomic mass is 32.2. The molecule has 0 unspecified atom stereocenters. The first kappa shape index (κ1) is 24.4. The molecule has 0 aliphatic rings. The molecule has 3 aromatic rings. The lowest BCUT2D eigenvalue weighted by Gasteiger charge is -2.29. The minimum atomic E-state index is -0.677. The molecule has 5 nitrogen and oxygen atoms in total. The Morgan fingerprint density at radius 2 is 1.52 bits per heavy atom. The number of ether oxygens (including phenoxy) is 1. The van der Waals surface area contributed by atoms with Gasteiger partial charge >= 0.3 is 0 Å². The summed E-state index contributed by atoms with van der Waals surface area (Å²) in [6.07, 6.45) is 0. The summed E-state index contributed by atoms with van der Waals surface area (Å²) in [4.78, 5) is 26.1. The fourth-order valence-corrected chi connectivity index (χ4v) is 4.37. The van der Waals surface area contributed by atoms with Crippen molar-refractivity contribution in [2.45, 2.75) is 31.2 Å². The van der Waals surface area contributed by atoms with Crippen LogP contribution in [0.15, 0.2) is 84.9 Å². The number of amides is 2. The lowest BCUT2D eigenvalue weighted by atomic mass is 9.94. The second-order valence-corrected chi connectivity index (χ2v) is 9.27. The van der Waals surface area contributed by atoms with Gasteiger partial charge in [0.15, 0.2) is 0 Å². The lowest BCUT2D eigenvalue weighted by molar-refractivity contribution is -0.124. The monoisotopic (exact) mass is 462 g/mol. The number of carbonyl (C=O) groups excluding carboxylic acids is 2. The molecular formula is C27H30N2O3S. The van der Waals surface area contributed by atoms with Gasteiger partial charge in [0, 0.05) is 17.1 Å². The average molecular weight is 463 g/mol. The number of benzene rings is 3. The Labute approximate surface area is 199 Å². The molecule has 0 bridgehead atoms. The van der Waals surface area contributed by atoms with Gasteiger partial charge in [-0.15, -0.1) is 0 Å². The maximum absolute atomic E-state index is 13.3. The second-order valence-electron chi connectivity index (χ2n) is 8.24. The highest BCUT2D eigenvalue weighted by Crippen LogP contribution is 2.21. The van der Waals surface area contributed by atoms with E-state index in [1.807, 2.05) is 74.5 Å². The molecule has 0 aliphatic carbocycles. The van der Waals surface area contributed by atoms with Crippen LogP contribution in [0.25, 0.3) is 0 Å². The van der Waals surface area contributed by atoms with Crippen LogP contribution in [0.3, 0.4) is 0 Å². The van der Waals surface area contributed by atoms with E-state index in [4.69, 9.17) is 4.74 Å². The van der Waals surface area contributed by atoms with Crippen LogP contribution in [0, 0.1) is 0 Å². The van der Waals surface area contributed by atoms with Crippen LogP contribution in [-0.4, -0.2) is 30.7 Å². The molecular weight excluding hydrogens is 432 g/mol. The third-order valence-electron chi connectivity index (χ3n) is 5.30. The van der Waals surface area contributed by atoms with E-state index in [0.29, 0.717) is 11.3 Å². The van der Waals surface area contributed by atoms with E-state index in [1.54, 1.807) is 43.1 Å². The summed E-state index contributed by atoms with van der Waals surface area (Å²) >= 11 is 1.60. The van der Waals surface area contributed by atoms with E-state index in [1.165, 1.54) is 0 Å². The highest BCUT2D eigenvalue weighted by molar-refractivity contribution is 7.98. The van der Waals surface area contributed by atoms with E-state index < -0.39 is 11.6 Å². The maximum atomic E-state index is 13.3. The van der Waals surface area contributed by atoms with Crippen LogP contribution in [0.1, 0.15) is 35.3 Å². The summed E-state index contributed by atoms with van der Waals surface area (Å²) in [6, 6.07) is 25.9. The predicted molar refractivity (Wildman–Crippen MR) is 134 cm³/mol. The number of thioether (sulfide) groups is 1. The van der Waals surface area contributed by atoms with Crippen LogP contribution < -0.4 is 15.4 Å². The zero-order chi connectivity index (χ0) is 23.7. The standard InChI is InChI=1S/C27H30N2O3S/c1-27(2,22-12-8-5-9-13-22)29-26(31)24(28-25(30)21-10-6-4-7-11-21)19-33-18-20-14-16-23(32-3)17-15-20/h4-17,24H,18-19H2,1-3H3,(H,28,30)(H,29,31)/t24-/m0/s1. The van der Waals surface area contributed by atoms with Gasteiger partial charge in [0.25, 0.3) is 5.91 Å². The SMILES string of the molecule is COc1ccc(CSC[C@H](NC(=O)c2ccccc2)C(=O)NC(C)(C)c2ccccc2)cc1. The number of hydrogen-bond acceptors (Lipinski definition) is 4. The Morgan fingerprint density at radius 1 is 0.909 bits per heavy atom. The van der Waals surface area contributed by atoms with Crippen LogP contribution >= 0.6 is 11.8 Å². The van der Waals surface area contributed by atoms with E-state index in [-0.39, 0.29) is 11.8 Å². The Balaban J connectivity index is 1.69. The molecule has 3 rings (SSSR count). The molecule has 1 atom stereocenters. The highest BCUT2D eigenvalue weighted by Gasteiger charge is 2.28. The largest absolute Gasteiger partial charge is 0.497 e. The maximum Gasteiger partial charge on any atom is 0.251 e. The van der Waals surface area contributed by atoms with Crippen molar-refractivity contribution in [3.05, 3.63) is 102 Å². The van der Waals surface area contributed by atoms with Gasteiger partial charge in [-0.05, 0) is 49.2 Å². The summed E-state index contributed by atoms with van der Waals surface area (Å²) in [5, 5.41) is 6.03. The predicted octanol–water partition coefficient (Wildman–Crippen LogP) is 4.78. The Morgan fingerprint density at radius 3 is 2.12 bits per heavy atom. The fraction of sp³-hybridized carbons (Fsp3) is 0.259. The van der Waals surface area contributed by atoms with Crippen molar-refractivity contribution < 1.29 is 14.3 Å². The topological polar surface area (TPSA) is 67.4 Å². The van der Waals surface area contributed by atoms with Gasteiger partial charge in [-0.1, -0.05) is 60.7 Å². The Hall–Kier alpha value is -3.25. The fourth-order valence-electron chi connectivity index (χ4n) is 3.35. The van der Waals surface area contributed by atoms with E-state index in [9.17, 15) is 9.59 Å². The number of methoxy groups -OCH3 is 1. The Bertz CT molecular complexity index is 1040. The first-order valence-corrected chi connectivity index (χ1v) is 12.0. The van der Waals surface area contributed by atoms with Gasteiger partial charge in [0.1, 0.15) is 11.8 Å². The molecule has 172 valence electrons. The van der Waals surface area contributed by atoms with Gasteiger partial charge in [0.2, 0.25) is 5.91 Å². The van der Waals surface area contributed by atoms with Gasteiger partial charge in [0.05, 0.1) is 12.6 Å². The van der Waals surface area contributed by atoms with Crippen LogP contribution in [0.2, 0.25) is 0 Å². The molecule has 0 radical (unpaired) electrons. The normalized spacial score (nSPS) is 12.0.